The zero-order chi connectivity index (χ0) is 11.0. The van der Waals surface area contributed by atoms with Crippen molar-refractivity contribution in [3.8, 4) is 0 Å². The van der Waals surface area contributed by atoms with Crippen LogP contribution in [-0.2, 0) is 4.74 Å². The zero-order valence-electron chi connectivity index (χ0n) is 10.3. The van der Waals surface area contributed by atoms with Gasteiger partial charge >= 0.3 is 0 Å². The molecule has 0 aromatic heterocycles. The molecule has 1 aliphatic carbocycles. The van der Waals surface area contributed by atoms with Gasteiger partial charge in [-0.1, -0.05) is 0 Å². The Labute approximate surface area is 98.5 Å². The first-order chi connectivity index (χ1) is 7.84. The van der Waals surface area contributed by atoms with Gasteiger partial charge in [-0.25, -0.2) is 0 Å². The first-order valence-corrected chi connectivity index (χ1v) is 6.93. The van der Waals surface area contributed by atoms with Crippen LogP contribution >= 0.6 is 0 Å². The minimum atomic E-state index is 0.560. The maximum absolute atomic E-state index is 5.96. The Bertz CT molecular complexity index is 242. The van der Waals surface area contributed by atoms with E-state index in [-0.39, 0.29) is 0 Å². The lowest BCUT2D eigenvalue weighted by atomic mass is 10.0. The molecule has 3 nitrogen and oxygen atoms in total. The molecule has 0 amide bonds. The number of hydrogen-bond acceptors (Lipinski definition) is 3. The van der Waals surface area contributed by atoms with Crippen molar-refractivity contribution in [1.29, 1.82) is 0 Å². The van der Waals surface area contributed by atoms with Crippen LogP contribution in [0.15, 0.2) is 0 Å². The molecule has 1 N–H and O–H groups in total. The van der Waals surface area contributed by atoms with Crippen molar-refractivity contribution < 1.29 is 4.74 Å². The Balaban J connectivity index is 1.65. The van der Waals surface area contributed by atoms with E-state index >= 15 is 0 Å². The van der Waals surface area contributed by atoms with E-state index in [1.807, 2.05) is 0 Å². The molecule has 0 radical (unpaired) electrons. The third-order valence-corrected chi connectivity index (χ3v) is 4.28. The summed E-state index contributed by atoms with van der Waals surface area (Å²) in [5, 5.41) is 3.58. The fourth-order valence-corrected chi connectivity index (χ4v) is 3.30. The second-order valence-electron chi connectivity index (χ2n) is 5.73. The second kappa shape index (κ2) is 4.63. The van der Waals surface area contributed by atoms with Crippen molar-refractivity contribution in [3.63, 3.8) is 0 Å². The summed E-state index contributed by atoms with van der Waals surface area (Å²) in [4.78, 5) is 2.70. The summed E-state index contributed by atoms with van der Waals surface area (Å²) in [6, 6.07) is 1.36. The average Bonchev–Trinajstić information content (AvgIpc) is 3.04. The van der Waals surface area contributed by atoms with Crippen molar-refractivity contribution in [2.45, 2.75) is 50.8 Å². The highest BCUT2D eigenvalue weighted by Crippen LogP contribution is 2.40. The summed E-state index contributed by atoms with van der Waals surface area (Å²) in [5.74, 6) is 0.888. The van der Waals surface area contributed by atoms with Gasteiger partial charge in [0.25, 0.3) is 0 Å². The average molecular weight is 224 g/mol. The van der Waals surface area contributed by atoms with Crippen molar-refractivity contribution in [2.24, 2.45) is 5.92 Å². The molecule has 0 bridgehead atoms. The minimum absolute atomic E-state index is 0.560. The van der Waals surface area contributed by atoms with Gasteiger partial charge in [-0.2, -0.15) is 0 Å². The van der Waals surface area contributed by atoms with Crippen LogP contribution in [0, 0.1) is 5.92 Å². The smallest absolute Gasteiger partial charge is 0.0759 e. The highest BCUT2D eigenvalue weighted by molar-refractivity contribution is 4.95. The van der Waals surface area contributed by atoms with Gasteiger partial charge in [-0.05, 0) is 51.6 Å². The summed E-state index contributed by atoms with van der Waals surface area (Å²) in [5.41, 5.74) is 0. The lowest BCUT2D eigenvalue weighted by Gasteiger charge is -2.32. The molecule has 0 aromatic rings. The largest absolute Gasteiger partial charge is 0.376 e. The van der Waals surface area contributed by atoms with Crippen LogP contribution in [0.25, 0.3) is 0 Å². The molecular formula is C13H24N2O. The maximum Gasteiger partial charge on any atom is 0.0759 e. The molecule has 92 valence electrons. The molecule has 2 heterocycles. The lowest BCUT2D eigenvalue weighted by molar-refractivity contribution is 0.0456. The van der Waals surface area contributed by atoms with Crippen LogP contribution < -0.4 is 5.32 Å². The molecule has 3 aliphatic rings. The molecule has 1 saturated carbocycles. The molecule has 0 aromatic carbocycles. The van der Waals surface area contributed by atoms with Gasteiger partial charge in [0.05, 0.1) is 6.10 Å². The van der Waals surface area contributed by atoms with Crippen LogP contribution in [-0.4, -0.2) is 49.3 Å². The molecule has 16 heavy (non-hydrogen) atoms. The van der Waals surface area contributed by atoms with Crippen molar-refractivity contribution in [2.75, 3.05) is 26.2 Å². The molecule has 3 heteroatoms. The van der Waals surface area contributed by atoms with Crippen LogP contribution in [0.5, 0.6) is 0 Å². The van der Waals surface area contributed by atoms with Crippen LogP contribution in [0.1, 0.15) is 32.6 Å². The first kappa shape index (κ1) is 11.0. The highest BCUT2D eigenvalue weighted by Gasteiger charge is 2.43. The maximum atomic E-state index is 5.96. The van der Waals surface area contributed by atoms with E-state index in [0.717, 1.165) is 18.6 Å². The summed E-state index contributed by atoms with van der Waals surface area (Å²) >= 11 is 0. The fraction of sp³-hybridized carbons (Fsp3) is 1.00. The normalized spacial score (nSPS) is 42.2. The third kappa shape index (κ3) is 2.27. The summed E-state index contributed by atoms with van der Waals surface area (Å²) in [6.07, 6.45) is 5.92. The van der Waals surface area contributed by atoms with E-state index < -0.39 is 0 Å². The van der Waals surface area contributed by atoms with Gasteiger partial charge < -0.3 is 10.1 Å². The van der Waals surface area contributed by atoms with Gasteiger partial charge in [0.2, 0.25) is 0 Å². The summed E-state index contributed by atoms with van der Waals surface area (Å²) in [7, 11) is 0. The van der Waals surface area contributed by atoms with Gasteiger partial charge in [-0.3, -0.25) is 4.90 Å². The van der Waals surface area contributed by atoms with Crippen LogP contribution in [0.4, 0.5) is 0 Å². The number of nitrogens with zero attached hydrogens (tertiary/aromatic N) is 1. The second-order valence-corrected chi connectivity index (χ2v) is 5.73. The molecule has 3 atom stereocenters. The van der Waals surface area contributed by atoms with Crippen molar-refractivity contribution in [1.82, 2.24) is 10.2 Å². The molecule has 2 saturated heterocycles. The minimum Gasteiger partial charge on any atom is -0.376 e. The third-order valence-electron chi connectivity index (χ3n) is 4.28. The summed E-state index contributed by atoms with van der Waals surface area (Å²) < 4.78 is 5.96. The lowest BCUT2D eigenvalue weighted by Crippen LogP contribution is -2.45. The molecule has 0 spiro atoms. The molecule has 3 rings (SSSR count). The molecule has 2 aliphatic heterocycles. The van der Waals surface area contributed by atoms with Gasteiger partial charge in [0, 0.05) is 25.2 Å². The van der Waals surface area contributed by atoms with Gasteiger partial charge in [0.1, 0.15) is 0 Å². The van der Waals surface area contributed by atoms with Crippen LogP contribution in [0.2, 0.25) is 0 Å². The number of rotatable bonds is 2. The monoisotopic (exact) mass is 224 g/mol. The number of hydrogen-bond donors (Lipinski definition) is 1. The Morgan fingerprint density at radius 3 is 2.94 bits per heavy atom. The van der Waals surface area contributed by atoms with E-state index in [1.165, 1.54) is 45.3 Å². The SMILES string of the molecule is CC1CN(C2CCOC2C2CC2)CCCN1. The van der Waals surface area contributed by atoms with Gasteiger partial charge in [0.15, 0.2) is 0 Å². The number of nitrogens with one attached hydrogen (secondary N) is 1. The predicted octanol–water partition coefficient (Wildman–Crippen LogP) is 1.24. The quantitative estimate of drug-likeness (QED) is 0.764. The van der Waals surface area contributed by atoms with E-state index in [4.69, 9.17) is 4.74 Å². The highest BCUT2D eigenvalue weighted by atomic mass is 16.5. The molecular weight excluding hydrogens is 200 g/mol. The standard InChI is InChI=1S/C13H24N2O/c1-10-9-15(7-2-6-14-10)12-5-8-16-13(12)11-3-4-11/h10-14H,2-9H2,1H3. The zero-order valence-corrected chi connectivity index (χ0v) is 10.3. The van der Waals surface area contributed by atoms with Crippen LogP contribution in [0.3, 0.4) is 0 Å². The van der Waals surface area contributed by atoms with E-state index in [2.05, 4.69) is 17.1 Å². The first-order valence-electron chi connectivity index (χ1n) is 6.93. The van der Waals surface area contributed by atoms with Crippen molar-refractivity contribution in [3.05, 3.63) is 0 Å². The molecule has 3 fully saturated rings. The fourth-order valence-electron chi connectivity index (χ4n) is 3.30. The molecule has 3 unspecified atom stereocenters. The number of ether oxygens (including phenoxy) is 1. The van der Waals surface area contributed by atoms with E-state index in [9.17, 15) is 0 Å². The Morgan fingerprint density at radius 1 is 1.25 bits per heavy atom. The Morgan fingerprint density at radius 2 is 2.12 bits per heavy atom. The van der Waals surface area contributed by atoms with E-state index in [0.29, 0.717) is 12.1 Å². The topological polar surface area (TPSA) is 24.5 Å². The predicted molar refractivity (Wildman–Crippen MR) is 64.5 cm³/mol. The van der Waals surface area contributed by atoms with Crippen molar-refractivity contribution >= 4 is 0 Å². The summed E-state index contributed by atoms with van der Waals surface area (Å²) in [6.45, 7) is 6.94. The Hall–Kier alpha value is -0.120. The van der Waals surface area contributed by atoms with Gasteiger partial charge in [-0.15, -0.1) is 0 Å². The Kier molecular flexibility index (Phi) is 3.18. The van der Waals surface area contributed by atoms with E-state index in [1.54, 1.807) is 0 Å².